The van der Waals surface area contributed by atoms with Gasteiger partial charge in [-0.1, -0.05) is 6.58 Å². The van der Waals surface area contributed by atoms with Gasteiger partial charge in [0.25, 0.3) is 0 Å². The molecule has 0 atom stereocenters. The predicted molar refractivity (Wildman–Crippen MR) is 48.0 cm³/mol. The maximum Gasteiger partial charge on any atom is 0.356 e. The van der Waals surface area contributed by atoms with Crippen molar-refractivity contribution in [3.63, 3.8) is 0 Å². The molecule has 0 aliphatic heterocycles. The van der Waals surface area contributed by atoms with E-state index >= 15 is 0 Å². The molecule has 0 aromatic carbocycles. The Kier molecular flexibility index (Phi) is 4.04. The summed E-state index contributed by atoms with van der Waals surface area (Å²) >= 11 is 0. The van der Waals surface area contributed by atoms with Crippen LogP contribution in [-0.2, 0) is 9.53 Å². The van der Waals surface area contributed by atoms with E-state index in [-0.39, 0.29) is 5.70 Å². The third-order valence-corrected chi connectivity index (χ3v) is 1.36. The van der Waals surface area contributed by atoms with E-state index < -0.39 is 5.97 Å². The number of nitrogens with zero attached hydrogens (tertiary/aromatic N) is 2. The normalized spacial score (nSPS) is 10.8. The number of amidine groups is 1. The zero-order valence-electron chi connectivity index (χ0n) is 7.92. The van der Waals surface area contributed by atoms with Crippen LogP contribution < -0.4 is 0 Å². The van der Waals surface area contributed by atoms with Gasteiger partial charge in [0, 0.05) is 14.1 Å². The van der Waals surface area contributed by atoms with Gasteiger partial charge in [0.2, 0.25) is 0 Å². The maximum atomic E-state index is 10.8. The fourth-order valence-corrected chi connectivity index (χ4v) is 0.459. The minimum Gasteiger partial charge on any atom is -0.464 e. The van der Waals surface area contributed by atoms with Gasteiger partial charge >= 0.3 is 5.97 Å². The molecule has 0 saturated carbocycles. The Morgan fingerprint density at radius 1 is 1.50 bits per heavy atom. The SMILES string of the molecule is C=C(N=C(C)N(C)C)C(=O)OC. The molecule has 4 nitrogen and oxygen atoms in total. The summed E-state index contributed by atoms with van der Waals surface area (Å²) in [6.45, 7) is 5.24. The lowest BCUT2D eigenvalue weighted by molar-refractivity contribution is -0.136. The molecule has 0 heterocycles. The molecule has 0 amide bonds. The van der Waals surface area contributed by atoms with Crippen LogP contribution in [0.2, 0.25) is 0 Å². The largest absolute Gasteiger partial charge is 0.464 e. The Morgan fingerprint density at radius 3 is 2.33 bits per heavy atom. The third kappa shape index (κ3) is 3.18. The molecule has 0 bridgehead atoms. The Labute approximate surface area is 72.5 Å². The van der Waals surface area contributed by atoms with E-state index in [4.69, 9.17) is 0 Å². The molecule has 68 valence electrons. The second-order valence-electron chi connectivity index (χ2n) is 2.49. The van der Waals surface area contributed by atoms with Crippen molar-refractivity contribution in [1.29, 1.82) is 0 Å². The summed E-state index contributed by atoms with van der Waals surface area (Å²) in [7, 11) is 4.97. The van der Waals surface area contributed by atoms with E-state index in [9.17, 15) is 4.79 Å². The highest BCUT2D eigenvalue weighted by atomic mass is 16.5. The highest BCUT2D eigenvalue weighted by Gasteiger charge is 2.05. The van der Waals surface area contributed by atoms with Crippen molar-refractivity contribution >= 4 is 11.8 Å². The van der Waals surface area contributed by atoms with Gasteiger partial charge in [0.1, 0.15) is 11.5 Å². The van der Waals surface area contributed by atoms with Crippen LogP contribution in [0.15, 0.2) is 17.3 Å². The van der Waals surface area contributed by atoms with Crippen molar-refractivity contribution in [2.75, 3.05) is 21.2 Å². The first kappa shape index (κ1) is 10.7. The Morgan fingerprint density at radius 2 is 2.00 bits per heavy atom. The highest BCUT2D eigenvalue weighted by molar-refractivity contribution is 5.92. The second-order valence-corrected chi connectivity index (χ2v) is 2.49. The zero-order valence-corrected chi connectivity index (χ0v) is 7.92. The van der Waals surface area contributed by atoms with Crippen LogP contribution in [0.4, 0.5) is 0 Å². The third-order valence-electron chi connectivity index (χ3n) is 1.36. The Balaban J connectivity index is 4.34. The summed E-state index contributed by atoms with van der Waals surface area (Å²) in [5, 5.41) is 0. The number of esters is 1. The van der Waals surface area contributed by atoms with Gasteiger partial charge in [0.05, 0.1) is 7.11 Å². The van der Waals surface area contributed by atoms with Crippen molar-refractivity contribution in [1.82, 2.24) is 4.90 Å². The average Bonchev–Trinajstić information content (AvgIpc) is 2.02. The molecule has 0 fully saturated rings. The van der Waals surface area contributed by atoms with Crippen LogP contribution in [0.1, 0.15) is 6.92 Å². The first-order chi connectivity index (χ1) is 5.49. The average molecular weight is 170 g/mol. The van der Waals surface area contributed by atoms with Crippen LogP contribution in [0.25, 0.3) is 0 Å². The van der Waals surface area contributed by atoms with Crippen molar-refractivity contribution in [2.45, 2.75) is 6.92 Å². The number of carbonyl (C=O) groups is 1. The van der Waals surface area contributed by atoms with Crippen molar-refractivity contribution in [3.8, 4) is 0 Å². The van der Waals surface area contributed by atoms with Gasteiger partial charge in [-0.25, -0.2) is 9.79 Å². The lowest BCUT2D eigenvalue weighted by Gasteiger charge is -2.10. The standard InChI is InChI=1S/C8H14N2O2/c1-6(8(11)12-5)9-7(2)10(3)4/h1H2,2-5H3. The first-order valence-electron chi connectivity index (χ1n) is 3.49. The molecular formula is C8H14N2O2. The number of aliphatic imine (C=N–C) groups is 1. The van der Waals surface area contributed by atoms with Gasteiger partial charge < -0.3 is 9.64 Å². The van der Waals surface area contributed by atoms with E-state index in [1.165, 1.54) is 7.11 Å². The number of rotatable bonds is 2. The molecule has 0 aromatic heterocycles. The Hall–Kier alpha value is -1.32. The summed E-state index contributed by atoms with van der Waals surface area (Å²) < 4.78 is 4.43. The summed E-state index contributed by atoms with van der Waals surface area (Å²) in [6.07, 6.45) is 0. The number of hydrogen-bond donors (Lipinski definition) is 0. The minimum absolute atomic E-state index is 0.115. The second kappa shape index (κ2) is 4.54. The number of ether oxygens (including phenoxy) is 1. The van der Waals surface area contributed by atoms with Crippen LogP contribution in [0, 0.1) is 0 Å². The van der Waals surface area contributed by atoms with Crippen molar-refractivity contribution < 1.29 is 9.53 Å². The molecule has 0 aromatic rings. The van der Waals surface area contributed by atoms with Crippen LogP contribution >= 0.6 is 0 Å². The molecule has 0 spiro atoms. The van der Waals surface area contributed by atoms with Gasteiger partial charge in [-0.2, -0.15) is 0 Å². The smallest absolute Gasteiger partial charge is 0.356 e. The highest BCUT2D eigenvalue weighted by Crippen LogP contribution is 1.97. The summed E-state index contributed by atoms with van der Waals surface area (Å²) in [4.78, 5) is 16.5. The first-order valence-corrected chi connectivity index (χ1v) is 3.49. The fourth-order valence-electron chi connectivity index (χ4n) is 0.459. The topological polar surface area (TPSA) is 41.9 Å². The zero-order chi connectivity index (χ0) is 9.72. The summed E-state index contributed by atoms with van der Waals surface area (Å²) in [5.74, 6) is 0.210. The molecule has 4 heteroatoms. The monoisotopic (exact) mass is 170 g/mol. The summed E-state index contributed by atoms with van der Waals surface area (Å²) in [5.41, 5.74) is 0.115. The quantitative estimate of drug-likeness (QED) is 0.264. The molecule has 0 aliphatic rings. The van der Waals surface area contributed by atoms with Crippen LogP contribution in [-0.4, -0.2) is 37.9 Å². The lowest BCUT2D eigenvalue weighted by Crippen LogP contribution is -2.19. The molecular weight excluding hydrogens is 156 g/mol. The van der Waals surface area contributed by atoms with Crippen LogP contribution in [0.5, 0.6) is 0 Å². The molecule has 0 saturated heterocycles. The van der Waals surface area contributed by atoms with Gasteiger partial charge in [-0.15, -0.1) is 0 Å². The van der Waals surface area contributed by atoms with Gasteiger partial charge in [-0.3, -0.25) is 0 Å². The number of carbonyl (C=O) groups excluding carboxylic acids is 1. The van der Waals surface area contributed by atoms with E-state index in [0.29, 0.717) is 5.84 Å². The number of hydrogen-bond acceptors (Lipinski definition) is 3. The maximum absolute atomic E-state index is 10.8. The lowest BCUT2D eigenvalue weighted by atomic mass is 10.5. The molecule has 12 heavy (non-hydrogen) atoms. The van der Waals surface area contributed by atoms with E-state index in [1.54, 1.807) is 11.8 Å². The predicted octanol–water partition coefficient (Wildman–Crippen LogP) is 0.653. The van der Waals surface area contributed by atoms with Crippen molar-refractivity contribution in [3.05, 3.63) is 12.3 Å². The minimum atomic E-state index is -0.504. The molecule has 0 unspecified atom stereocenters. The Bertz CT molecular complexity index is 219. The van der Waals surface area contributed by atoms with Gasteiger partial charge in [-0.05, 0) is 6.92 Å². The fraction of sp³-hybridized carbons (Fsp3) is 0.500. The molecule has 0 rings (SSSR count). The molecule has 0 N–H and O–H groups in total. The van der Waals surface area contributed by atoms with E-state index in [1.807, 2.05) is 14.1 Å². The van der Waals surface area contributed by atoms with Crippen molar-refractivity contribution in [2.24, 2.45) is 4.99 Å². The number of methoxy groups -OCH3 is 1. The van der Waals surface area contributed by atoms with E-state index in [2.05, 4.69) is 16.3 Å². The van der Waals surface area contributed by atoms with E-state index in [0.717, 1.165) is 0 Å². The summed E-state index contributed by atoms with van der Waals surface area (Å²) in [6, 6.07) is 0. The van der Waals surface area contributed by atoms with Gasteiger partial charge in [0.15, 0.2) is 0 Å². The molecule has 0 aliphatic carbocycles. The molecule has 0 radical (unpaired) electrons. The van der Waals surface area contributed by atoms with Crippen LogP contribution in [0.3, 0.4) is 0 Å².